The molecule has 1 unspecified atom stereocenters. The van der Waals surface area contributed by atoms with Crippen LogP contribution < -0.4 is 10.1 Å². The molecule has 3 aromatic rings. The van der Waals surface area contributed by atoms with Crippen LogP contribution in [0.5, 0.6) is 5.75 Å². The lowest BCUT2D eigenvalue weighted by Crippen LogP contribution is -2.32. The summed E-state index contributed by atoms with van der Waals surface area (Å²) in [6, 6.07) is 23.8. The molecule has 0 radical (unpaired) electrons. The van der Waals surface area contributed by atoms with Crippen LogP contribution in [0.2, 0.25) is 0 Å². The van der Waals surface area contributed by atoms with E-state index < -0.39 is 0 Å². The molecule has 1 atom stereocenters. The summed E-state index contributed by atoms with van der Waals surface area (Å²) in [7, 11) is 1.65. The van der Waals surface area contributed by atoms with E-state index in [0.717, 1.165) is 65.7 Å². The van der Waals surface area contributed by atoms with Gasteiger partial charge in [-0.1, -0.05) is 31.2 Å². The number of rotatable bonds is 5. The van der Waals surface area contributed by atoms with Gasteiger partial charge in [0, 0.05) is 29.9 Å². The molecule has 0 bridgehead atoms. The van der Waals surface area contributed by atoms with Crippen LogP contribution in [0.1, 0.15) is 37.3 Å². The minimum absolute atomic E-state index is 0.564. The maximum Gasteiger partial charge on any atom is 0.128 e. The van der Waals surface area contributed by atoms with E-state index in [4.69, 9.17) is 10.1 Å². The molecule has 2 N–H and O–H groups in total. The predicted molar refractivity (Wildman–Crippen MR) is 134 cm³/mol. The third-order valence-corrected chi connectivity index (χ3v) is 6.33. The van der Waals surface area contributed by atoms with Gasteiger partial charge in [-0.2, -0.15) is 5.26 Å². The first-order valence-electron chi connectivity index (χ1n) is 11.5. The molecule has 168 valence electrons. The van der Waals surface area contributed by atoms with Crippen molar-refractivity contribution in [2.45, 2.75) is 26.2 Å². The number of nitriles is 1. The van der Waals surface area contributed by atoms with Crippen LogP contribution in [0.4, 0.5) is 11.4 Å². The van der Waals surface area contributed by atoms with Gasteiger partial charge in [0.15, 0.2) is 0 Å². The molecule has 33 heavy (non-hydrogen) atoms. The van der Waals surface area contributed by atoms with Gasteiger partial charge in [0.2, 0.25) is 0 Å². The monoisotopic (exact) mass is 438 g/mol. The first kappa shape index (κ1) is 22.4. The van der Waals surface area contributed by atoms with Crippen LogP contribution >= 0.6 is 0 Å². The zero-order valence-corrected chi connectivity index (χ0v) is 19.3. The first-order valence-corrected chi connectivity index (χ1v) is 11.5. The van der Waals surface area contributed by atoms with Gasteiger partial charge >= 0.3 is 0 Å². The highest BCUT2D eigenvalue weighted by molar-refractivity contribution is 5.96. The second-order valence-electron chi connectivity index (χ2n) is 8.65. The van der Waals surface area contributed by atoms with E-state index in [1.165, 1.54) is 6.42 Å². The van der Waals surface area contributed by atoms with Crippen molar-refractivity contribution in [3.05, 3.63) is 77.9 Å². The maximum absolute atomic E-state index is 9.74. The minimum Gasteiger partial charge on any atom is -0.496 e. The van der Waals surface area contributed by atoms with E-state index >= 15 is 0 Å². The Hall–Kier alpha value is -3.78. The number of hydrogen-bond donors (Lipinski definition) is 2. The Balaban J connectivity index is 1.50. The van der Waals surface area contributed by atoms with Crippen molar-refractivity contribution >= 4 is 17.2 Å². The highest BCUT2D eigenvalue weighted by Gasteiger charge is 2.17. The Morgan fingerprint density at radius 3 is 2.61 bits per heavy atom. The summed E-state index contributed by atoms with van der Waals surface area (Å²) in [6.45, 7) is 4.20. The summed E-state index contributed by atoms with van der Waals surface area (Å²) in [5.41, 5.74) is 5.01. The fourth-order valence-electron chi connectivity index (χ4n) is 4.33. The van der Waals surface area contributed by atoms with E-state index in [1.54, 1.807) is 7.11 Å². The van der Waals surface area contributed by atoms with Gasteiger partial charge in [-0.15, -0.1) is 0 Å². The molecular formula is C28H30N4O. The molecule has 5 heteroatoms. The van der Waals surface area contributed by atoms with E-state index in [2.05, 4.69) is 23.2 Å². The summed E-state index contributed by atoms with van der Waals surface area (Å²) < 4.78 is 5.47. The van der Waals surface area contributed by atoms with Crippen molar-refractivity contribution in [3.8, 4) is 22.9 Å². The van der Waals surface area contributed by atoms with Crippen molar-refractivity contribution in [1.29, 1.82) is 10.7 Å². The number of ether oxygens (including phenoxy) is 1. The van der Waals surface area contributed by atoms with E-state index in [0.29, 0.717) is 11.4 Å². The smallest absolute Gasteiger partial charge is 0.128 e. The average Bonchev–Trinajstić information content (AvgIpc) is 3.08. The topological polar surface area (TPSA) is 72.1 Å². The first-order chi connectivity index (χ1) is 16.1. The molecule has 1 aliphatic rings. The number of nitrogens with zero attached hydrogens (tertiary/aromatic N) is 2. The summed E-state index contributed by atoms with van der Waals surface area (Å²) >= 11 is 0. The van der Waals surface area contributed by atoms with Gasteiger partial charge in [0.05, 0.1) is 18.4 Å². The highest BCUT2D eigenvalue weighted by atomic mass is 16.5. The van der Waals surface area contributed by atoms with Crippen LogP contribution in [-0.4, -0.2) is 30.9 Å². The minimum atomic E-state index is 0.564. The van der Waals surface area contributed by atoms with Crippen molar-refractivity contribution in [1.82, 2.24) is 4.90 Å². The number of methoxy groups -OCH3 is 1. The number of hydrogen-bond acceptors (Lipinski definition) is 4. The fourth-order valence-corrected chi connectivity index (χ4v) is 4.33. The van der Waals surface area contributed by atoms with E-state index in [1.807, 2.05) is 66.7 Å². The molecular weight excluding hydrogens is 408 g/mol. The molecule has 1 heterocycles. The normalized spacial score (nSPS) is 15.9. The summed E-state index contributed by atoms with van der Waals surface area (Å²) in [5, 5.41) is 21.7. The van der Waals surface area contributed by atoms with Gasteiger partial charge in [-0.05, 0) is 73.2 Å². The zero-order chi connectivity index (χ0) is 23.2. The van der Waals surface area contributed by atoms with E-state index in [-0.39, 0.29) is 0 Å². The van der Waals surface area contributed by atoms with Gasteiger partial charge in [0.1, 0.15) is 17.7 Å². The second kappa shape index (κ2) is 10.2. The molecule has 1 aliphatic heterocycles. The molecule has 0 spiro atoms. The lowest BCUT2D eigenvalue weighted by atomic mass is 10.0. The number of likely N-dealkylation sites (tertiary alicyclic amines) is 1. The quantitative estimate of drug-likeness (QED) is 0.356. The zero-order valence-electron chi connectivity index (χ0n) is 19.3. The molecule has 3 aromatic carbocycles. The van der Waals surface area contributed by atoms with Crippen molar-refractivity contribution in [3.63, 3.8) is 0 Å². The molecule has 0 saturated carbocycles. The molecule has 1 fully saturated rings. The van der Waals surface area contributed by atoms with E-state index in [9.17, 15) is 5.26 Å². The molecule has 0 aromatic heterocycles. The summed E-state index contributed by atoms with van der Waals surface area (Å²) in [5.74, 6) is 2.10. The van der Waals surface area contributed by atoms with Crippen LogP contribution in [0.25, 0.3) is 11.1 Å². The van der Waals surface area contributed by atoms with Crippen molar-refractivity contribution in [2.75, 3.05) is 25.5 Å². The predicted octanol–water partition coefficient (Wildman–Crippen LogP) is 6.42. The Morgan fingerprint density at radius 1 is 1.06 bits per heavy atom. The number of anilines is 2. The van der Waals surface area contributed by atoms with Crippen molar-refractivity contribution < 1.29 is 4.74 Å². The number of nitrogens with one attached hydrogen (secondary N) is 2. The van der Waals surface area contributed by atoms with Crippen LogP contribution in [0.15, 0.2) is 66.7 Å². The van der Waals surface area contributed by atoms with Crippen molar-refractivity contribution in [2.24, 2.45) is 5.92 Å². The Bertz CT molecular complexity index is 1160. The Labute approximate surface area is 196 Å². The van der Waals surface area contributed by atoms with Gasteiger partial charge in [-0.25, -0.2) is 0 Å². The van der Waals surface area contributed by atoms with Crippen LogP contribution in [-0.2, 0) is 0 Å². The third-order valence-electron chi connectivity index (χ3n) is 6.33. The molecule has 0 amide bonds. The lowest BCUT2D eigenvalue weighted by molar-refractivity contribution is 0.416. The average molecular weight is 439 g/mol. The Morgan fingerprint density at radius 2 is 1.85 bits per heavy atom. The number of benzene rings is 3. The Kier molecular flexibility index (Phi) is 6.95. The second-order valence-corrected chi connectivity index (χ2v) is 8.65. The largest absolute Gasteiger partial charge is 0.496 e. The molecule has 1 saturated heterocycles. The highest BCUT2D eigenvalue weighted by Crippen LogP contribution is 2.32. The molecule has 4 rings (SSSR count). The van der Waals surface area contributed by atoms with Gasteiger partial charge < -0.3 is 15.0 Å². The van der Waals surface area contributed by atoms with Gasteiger partial charge in [0.25, 0.3) is 0 Å². The summed E-state index contributed by atoms with van der Waals surface area (Å²) in [4.78, 5) is 2.19. The fraction of sp³-hybridized carbons (Fsp3) is 0.286. The number of para-hydroxylation sites is 1. The number of amidine groups is 1. The lowest BCUT2D eigenvalue weighted by Gasteiger charge is -2.23. The SMILES string of the molecule is COc1ccccc1-c1ccc(Nc2ccc(C(=N)N3CCCC(C)CC3)cc2)c(C#N)c1. The van der Waals surface area contributed by atoms with Gasteiger partial charge in [-0.3, -0.25) is 5.41 Å². The third kappa shape index (κ3) is 5.18. The molecule has 5 nitrogen and oxygen atoms in total. The molecule has 0 aliphatic carbocycles. The maximum atomic E-state index is 9.74. The summed E-state index contributed by atoms with van der Waals surface area (Å²) in [6.07, 6.45) is 3.53. The van der Waals surface area contributed by atoms with Crippen LogP contribution in [0, 0.1) is 22.7 Å². The van der Waals surface area contributed by atoms with Crippen LogP contribution in [0.3, 0.4) is 0 Å². The standard InChI is InChI=1S/C28H30N4O/c1-20-6-5-16-32(17-15-20)28(30)21-9-12-24(13-10-21)31-26-14-11-22(18-23(26)19-29)25-7-3-4-8-27(25)33-2/h3-4,7-14,18,20,30-31H,5-6,15-17H2,1-2H3.